The van der Waals surface area contributed by atoms with E-state index in [9.17, 15) is 4.79 Å². The number of hydrazone groups is 1. The maximum absolute atomic E-state index is 12.4. The van der Waals surface area contributed by atoms with Crippen molar-refractivity contribution in [3.8, 4) is 11.3 Å². The summed E-state index contributed by atoms with van der Waals surface area (Å²) in [5, 5.41) is 16.4. The second kappa shape index (κ2) is 7.58. The van der Waals surface area contributed by atoms with Gasteiger partial charge >= 0.3 is 0 Å². The Balaban J connectivity index is 1.65. The zero-order chi connectivity index (χ0) is 19.8. The number of rotatable bonds is 4. The van der Waals surface area contributed by atoms with E-state index in [1.165, 1.54) is 22.8 Å². The number of halogens is 2. The van der Waals surface area contributed by atoms with E-state index in [4.69, 9.17) is 33.0 Å². The average molecular weight is 433 g/mol. The van der Waals surface area contributed by atoms with E-state index in [-0.39, 0.29) is 11.4 Å². The standard InChI is InChI=1S/C19H14Cl2N4O2S/c1-2-3-16-24-25-17(22)13(18(26)23-19(25)28-16)9-11-5-7-15(27-11)12-8-10(20)4-6-14(12)21/h4-9,22H,2-3H2,1H3/b13-9+,22-17?. The summed E-state index contributed by atoms with van der Waals surface area (Å²) in [5.74, 6) is 0.406. The van der Waals surface area contributed by atoms with Crippen LogP contribution < -0.4 is 0 Å². The molecule has 9 heteroatoms. The number of amides is 1. The fourth-order valence-electron chi connectivity index (χ4n) is 2.75. The van der Waals surface area contributed by atoms with Crippen LogP contribution in [0.5, 0.6) is 0 Å². The van der Waals surface area contributed by atoms with Gasteiger partial charge < -0.3 is 4.42 Å². The fourth-order valence-corrected chi connectivity index (χ4v) is 4.12. The Hall–Kier alpha value is -2.35. The number of furan rings is 1. The minimum Gasteiger partial charge on any atom is -0.457 e. The lowest BCUT2D eigenvalue weighted by atomic mass is 10.1. The van der Waals surface area contributed by atoms with Crippen molar-refractivity contribution in [2.24, 2.45) is 10.1 Å². The van der Waals surface area contributed by atoms with Crippen molar-refractivity contribution in [2.45, 2.75) is 19.8 Å². The molecular weight excluding hydrogens is 419 g/mol. The van der Waals surface area contributed by atoms with Gasteiger partial charge in [-0.15, -0.1) is 0 Å². The van der Waals surface area contributed by atoms with Gasteiger partial charge in [-0.05, 0) is 61.0 Å². The van der Waals surface area contributed by atoms with Gasteiger partial charge in [0.1, 0.15) is 16.6 Å². The number of aliphatic imine (C=N–C) groups is 1. The van der Waals surface area contributed by atoms with Crippen LogP contribution in [0.2, 0.25) is 10.0 Å². The summed E-state index contributed by atoms with van der Waals surface area (Å²) in [6.07, 6.45) is 3.20. The second-order valence-corrected chi connectivity index (χ2v) is 7.97. The number of amidine groups is 2. The Morgan fingerprint density at radius 1 is 1.29 bits per heavy atom. The summed E-state index contributed by atoms with van der Waals surface area (Å²) < 4.78 is 5.80. The molecule has 2 aliphatic rings. The molecule has 1 aromatic carbocycles. The molecule has 0 spiro atoms. The van der Waals surface area contributed by atoms with Gasteiger partial charge in [0, 0.05) is 10.6 Å². The van der Waals surface area contributed by atoms with E-state index < -0.39 is 5.91 Å². The van der Waals surface area contributed by atoms with Crippen LogP contribution in [0.4, 0.5) is 0 Å². The van der Waals surface area contributed by atoms with Gasteiger partial charge in [-0.25, -0.2) is 0 Å². The highest BCUT2D eigenvalue weighted by Crippen LogP contribution is 2.33. The first-order valence-electron chi connectivity index (χ1n) is 8.50. The minimum absolute atomic E-state index is 0.0210. The number of nitrogens with zero attached hydrogens (tertiary/aromatic N) is 3. The van der Waals surface area contributed by atoms with Gasteiger partial charge in [-0.2, -0.15) is 15.1 Å². The number of hydrogen-bond acceptors (Lipinski definition) is 5. The highest BCUT2D eigenvalue weighted by atomic mass is 35.5. The predicted molar refractivity (Wildman–Crippen MR) is 114 cm³/mol. The Bertz CT molecular complexity index is 1090. The van der Waals surface area contributed by atoms with E-state index in [1.807, 2.05) is 6.92 Å². The molecule has 1 N–H and O–H groups in total. The summed E-state index contributed by atoms with van der Waals surface area (Å²) in [7, 11) is 0. The first kappa shape index (κ1) is 19.0. The lowest BCUT2D eigenvalue weighted by molar-refractivity contribution is -0.114. The first-order valence-corrected chi connectivity index (χ1v) is 10.1. The lowest BCUT2D eigenvalue weighted by Gasteiger charge is -2.19. The average Bonchev–Trinajstić information content (AvgIpc) is 3.28. The summed E-state index contributed by atoms with van der Waals surface area (Å²) in [6.45, 7) is 2.05. The molecule has 28 heavy (non-hydrogen) atoms. The molecular formula is C19H14Cl2N4O2S. The molecule has 0 saturated heterocycles. The predicted octanol–water partition coefficient (Wildman–Crippen LogP) is 5.67. The van der Waals surface area contributed by atoms with Crippen LogP contribution in [-0.2, 0) is 4.79 Å². The third-order valence-electron chi connectivity index (χ3n) is 4.07. The van der Waals surface area contributed by atoms with Crippen LogP contribution in [0.25, 0.3) is 17.4 Å². The summed E-state index contributed by atoms with van der Waals surface area (Å²) in [4.78, 5) is 16.5. The number of nitrogens with one attached hydrogen (secondary N) is 1. The highest BCUT2D eigenvalue weighted by Gasteiger charge is 2.35. The molecule has 1 aromatic heterocycles. The fraction of sp³-hybridized carbons (Fsp3) is 0.158. The smallest absolute Gasteiger partial charge is 0.283 e. The Kier molecular flexibility index (Phi) is 5.14. The summed E-state index contributed by atoms with van der Waals surface area (Å²) in [6, 6.07) is 8.52. The molecule has 0 saturated carbocycles. The van der Waals surface area contributed by atoms with Crippen molar-refractivity contribution in [2.75, 3.05) is 0 Å². The van der Waals surface area contributed by atoms with Crippen molar-refractivity contribution in [3.05, 3.63) is 51.7 Å². The van der Waals surface area contributed by atoms with Crippen molar-refractivity contribution in [1.82, 2.24) is 5.01 Å². The SMILES string of the molecule is CCCC1=NN2C(=N)/C(=C\c3ccc(-c4cc(Cl)ccc4Cl)o3)C(=O)N=C2S1. The molecule has 1 amide bonds. The molecule has 0 bridgehead atoms. The maximum atomic E-state index is 12.4. The van der Waals surface area contributed by atoms with Crippen LogP contribution in [0.1, 0.15) is 25.5 Å². The molecule has 0 atom stereocenters. The zero-order valence-electron chi connectivity index (χ0n) is 14.7. The molecule has 4 rings (SSSR count). The van der Waals surface area contributed by atoms with E-state index in [0.717, 1.165) is 17.9 Å². The van der Waals surface area contributed by atoms with E-state index in [0.29, 0.717) is 32.3 Å². The molecule has 0 unspecified atom stereocenters. The number of carbonyl (C=O) groups excluding carboxylic acids is 1. The van der Waals surface area contributed by atoms with Crippen molar-refractivity contribution in [1.29, 1.82) is 5.41 Å². The molecule has 6 nitrogen and oxygen atoms in total. The van der Waals surface area contributed by atoms with Crippen molar-refractivity contribution < 1.29 is 9.21 Å². The summed E-state index contributed by atoms with van der Waals surface area (Å²) >= 11 is 13.6. The Morgan fingerprint density at radius 2 is 2.11 bits per heavy atom. The highest BCUT2D eigenvalue weighted by molar-refractivity contribution is 8.26. The first-order chi connectivity index (χ1) is 13.5. The normalized spacial score (nSPS) is 17.8. The molecule has 2 aromatic rings. The molecule has 0 aliphatic carbocycles. The van der Waals surface area contributed by atoms with Gasteiger partial charge in [-0.3, -0.25) is 10.2 Å². The van der Waals surface area contributed by atoms with Crippen LogP contribution in [0.15, 0.2) is 50.4 Å². The van der Waals surface area contributed by atoms with Crippen LogP contribution in [0, 0.1) is 5.41 Å². The minimum atomic E-state index is -0.490. The molecule has 0 radical (unpaired) electrons. The van der Waals surface area contributed by atoms with Gasteiger partial charge in [-0.1, -0.05) is 30.1 Å². The van der Waals surface area contributed by atoms with E-state index >= 15 is 0 Å². The number of carbonyl (C=O) groups is 1. The third kappa shape index (κ3) is 3.53. The van der Waals surface area contributed by atoms with Gasteiger partial charge in [0.25, 0.3) is 5.91 Å². The van der Waals surface area contributed by atoms with E-state index in [1.54, 1.807) is 30.3 Å². The maximum Gasteiger partial charge on any atom is 0.283 e. The molecule has 3 heterocycles. The van der Waals surface area contributed by atoms with Crippen LogP contribution in [-0.4, -0.2) is 27.0 Å². The number of benzene rings is 1. The molecule has 2 aliphatic heterocycles. The Morgan fingerprint density at radius 3 is 2.89 bits per heavy atom. The van der Waals surface area contributed by atoms with Gasteiger partial charge in [0.05, 0.1) is 10.6 Å². The molecule has 142 valence electrons. The topological polar surface area (TPSA) is 82.0 Å². The number of hydrogen-bond donors (Lipinski definition) is 1. The van der Waals surface area contributed by atoms with Crippen molar-refractivity contribution in [3.63, 3.8) is 0 Å². The molecule has 0 fully saturated rings. The number of fused-ring (bicyclic) bond motifs is 1. The van der Waals surface area contributed by atoms with E-state index in [2.05, 4.69) is 10.1 Å². The van der Waals surface area contributed by atoms with Gasteiger partial charge in [0.15, 0.2) is 5.84 Å². The summed E-state index contributed by atoms with van der Waals surface area (Å²) in [5.41, 5.74) is 0.762. The van der Waals surface area contributed by atoms with Crippen molar-refractivity contribution >= 4 is 63.0 Å². The zero-order valence-corrected chi connectivity index (χ0v) is 17.0. The van der Waals surface area contributed by atoms with Crippen LogP contribution in [0.3, 0.4) is 0 Å². The quantitative estimate of drug-likeness (QED) is 0.630. The number of thioether (sulfide) groups is 1. The van der Waals surface area contributed by atoms with Gasteiger partial charge in [0.2, 0.25) is 5.17 Å². The second-order valence-electron chi connectivity index (χ2n) is 6.09. The lowest BCUT2D eigenvalue weighted by Crippen LogP contribution is -2.35. The Labute approximate surface area is 175 Å². The third-order valence-corrected chi connectivity index (χ3v) is 5.60. The van der Waals surface area contributed by atoms with Crippen LogP contribution >= 0.6 is 35.0 Å². The largest absolute Gasteiger partial charge is 0.457 e. The monoisotopic (exact) mass is 432 g/mol.